The first-order valence-electron chi connectivity index (χ1n) is 5.93. The van der Waals surface area contributed by atoms with Gasteiger partial charge in [-0.15, -0.1) is 13.2 Å². The fourth-order valence-corrected chi connectivity index (χ4v) is 2.00. The van der Waals surface area contributed by atoms with E-state index in [-0.39, 0.29) is 5.56 Å². The van der Waals surface area contributed by atoms with Crippen molar-refractivity contribution in [2.45, 2.75) is 13.3 Å². The van der Waals surface area contributed by atoms with Crippen LogP contribution in [0, 0.1) is 6.92 Å². The first-order valence-corrected chi connectivity index (χ1v) is 6.31. The highest BCUT2D eigenvalue weighted by atomic mass is 35.5. The summed E-state index contributed by atoms with van der Waals surface area (Å²) in [5.41, 5.74) is 1.13. The number of hydrogen-bond donors (Lipinski definition) is 0. The van der Waals surface area contributed by atoms with Gasteiger partial charge in [0.05, 0.1) is 0 Å². The third-order valence-corrected chi connectivity index (χ3v) is 3.01. The molecule has 0 aliphatic rings. The van der Waals surface area contributed by atoms with Gasteiger partial charge in [-0.2, -0.15) is 0 Å². The Bertz CT molecular complexity index is 681. The predicted octanol–water partition coefficient (Wildman–Crippen LogP) is 4.78. The van der Waals surface area contributed by atoms with Crippen LogP contribution < -0.4 is 4.74 Å². The molecule has 2 aromatic rings. The Labute approximate surface area is 124 Å². The zero-order valence-corrected chi connectivity index (χ0v) is 11.6. The quantitative estimate of drug-likeness (QED) is 0.762. The van der Waals surface area contributed by atoms with Crippen molar-refractivity contribution < 1.29 is 22.7 Å². The van der Waals surface area contributed by atoms with Gasteiger partial charge in [0.2, 0.25) is 0 Å². The van der Waals surface area contributed by atoms with Crippen molar-refractivity contribution in [2.24, 2.45) is 0 Å². The maximum Gasteiger partial charge on any atom is 0.573 e. The first-order chi connectivity index (χ1) is 9.76. The molecule has 2 nitrogen and oxygen atoms in total. The number of carbonyl (C=O) groups excluding carboxylic acids is 1. The number of hydrogen-bond acceptors (Lipinski definition) is 2. The van der Waals surface area contributed by atoms with Crippen LogP contribution in [0.15, 0.2) is 42.5 Å². The van der Waals surface area contributed by atoms with Crippen LogP contribution in [0.4, 0.5) is 13.2 Å². The summed E-state index contributed by atoms with van der Waals surface area (Å²) < 4.78 is 40.4. The van der Waals surface area contributed by atoms with Gasteiger partial charge >= 0.3 is 6.36 Å². The second kappa shape index (κ2) is 5.77. The lowest BCUT2D eigenvalue weighted by atomic mass is 9.99. The van der Waals surface area contributed by atoms with Crippen molar-refractivity contribution in [1.82, 2.24) is 0 Å². The molecule has 0 radical (unpaired) electrons. The van der Waals surface area contributed by atoms with E-state index in [1.54, 1.807) is 19.1 Å². The summed E-state index contributed by atoms with van der Waals surface area (Å²) in [5, 5.41) is 0.381. The Morgan fingerprint density at radius 2 is 1.86 bits per heavy atom. The highest BCUT2D eigenvalue weighted by molar-refractivity contribution is 6.31. The van der Waals surface area contributed by atoms with Gasteiger partial charge in [0, 0.05) is 16.1 Å². The van der Waals surface area contributed by atoms with Crippen LogP contribution in [-0.2, 0) is 0 Å². The Kier molecular flexibility index (Phi) is 4.23. The van der Waals surface area contributed by atoms with Gasteiger partial charge in [-0.05, 0) is 36.8 Å². The summed E-state index contributed by atoms with van der Waals surface area (Å²) in [6.07, 6.45) is -4.80. The normalized spacial score (nSPS) is 11.3. The number of rotatable bonds is 3. The van der Waals surface area contributed by atoms with E-state index in [1.165, 1.54) is 18.2 Å². The molecule has 0 spiro atoms. The van der Waals surface area contributed by atoms with Crippen molar-refractivity contribution in [3.8, 4) is 5.75 Å². The molecular weight excluding hydrogens is 305 g/mol. The minimum atomic E-state index is -4.80. The third-order valence-electron chi connectivity index (χ3n) is 2.77. The summed E-state index contributed by atoms with van der Waals surface area (Å²) in [7, 11) is 0. The second-order valence-corrected chi connectivity index (χ2v) is 4.80. The van der Waals surface area contributed by atoms with Crippen LogP contribution in [0.2, 0.25) is 5.02 Å². The number of carbonyl (C=O) groups is 1. The summed E-state index contributed by atoms with van der Waals surface area (Å²) >= 11 is 5.84. The number of alkyl halides is 3. The van der Waals surface area contributed by atoms with E-state index in [9.17, 15) is 18.0 Å². The number of halogens is 4. The van der Waals surface area contributed by atoms with Crippen LogP contribution in [0.1, 0.15) is 21.5 Å². The van der Waals surface area contributed by atoms with Crippen LogP contribution in [0.3, 0.4) is 0 Å². The molecule has 0 N–H and O–H groups in total. The maximum absolute atomic E-state index is 12.3. The minimum Gasteiger partial charge on any atom is -0.406 e. The predicted molar refractivity (Wildman–Crippen MR) is 72.7 cm³/mol. The van der Waals surface area contributed by atoms with Crippen molar-refractivity contribution in [1.29, 1.82) is 0 Å². The topological polar surface area (TPSA) is 26.3 Å². The van der Waals surface area contributed by atoms with E-state index in [0.717, 1.165) is 12.1 Å². The fourth-order valence-electron chi connectivity index (χ4n) is 1.83. The molecule has 0 fully saturated rings. The van der Waals surface area contributed by atoms with Crippen molar-refractivity contribution in [3.05, 3.63) is 64.2 Å². The van der Waals surface area contributed by atoms with Crippen LogP contribution in [0.25, 0.3) is 0 Å². The zero-order valence-electron chi connectivity index (χ0n) is 10.9. The molecule has 0 unspecified atom stereocenters. The molecule has 0 aromatic heterocycles. The van der Waals surface area contributed by atoms with E-state index < -0.39 is 17.9 Å². The van der Waals surface area contributed by atoms with Crippen LogP contribution in [-0.4, -0.2) is 12.1 Å². The second-order valence-electron chi connectivity index (χ2n) is 4.36. The van der Waals surface area contributed by atoms with Gasteiger partial charge in [-0.25, -0.2) is 0 Å². The molecule has 0 aliphatic carbocycles. The highest BCUT2D eigenvalue weighted by Crippen LogP contribution is 2.25. The highest BCUT2D eigenvalue weighted by Gasteiger charge is 2.31. The monoisotopic (exact) mass is 314 g/mol. The number of ketones is 1. The number of benzene rings is 2. The molecule has 0 heterocycles. The van der Waals surface area contributed by atoms with Crippen molar-refractivity contribution in [2.75, 3.05) is 0 Å². The Morgan fingerprint density at radius 1 is 1.14 bits per heavy atom. The molecule has 0 saturated carbocycles. The standard InChI is InChI=1S/C15H10ClF3O2/c1-9-5-6-11(16)8-13(9)14(20)10-3-2-4-12(7-10)21-15(17,18)19/h2-8H,1H3. The number of aryl methyl sites for hydroxylation is 1. The van der Waals surface area contributed by atoms with Crippen molar-refractivity contribution >= 4 is 17.4 Å². The first kappa shape index (κ1) is 15.4. The minimum absolute atomic E-state index is 0.0992. The molecule has 21 heavy (non-hydrogen) atoms. The smallest absolute Gasteiger partial charge is 0.406 e. The fraction of sp³-hybridized carbons (Fsp3) is 0.133. The Balaban J connectivity index is 2.35. The SMILES string of the molecule is Cc1ccc(Cl)cc1C(=O)c1cccc(OC(F)(F)F)c1. The van der Waals surface area contributed by atoms with E-state index in [0.29, 0.717) is 16.1 Å². The zero-order chi connectivity index (χ0) is 15.6. The summed E-state index contributed by atoms with van der Waals surface area (Å²) in [6, 6.07) is 9.73. The molecule has 0 atom stereocenters. The van der Waals surface area contributed by atoms with E-state index in [1.807, 2.05) is 0 Å². The van der Waals surface area contributed by atoms with Gasteiger partial charge < -0.3 is 4.74 Å². The summed E-state index contributed by atoms with van der Waals surface area (Å²) in [6.45, 7) is 1.72. The number of ether oxygens (including phenoxy) is 1. The van der Waals surface area contributed by atoms with E-state index in [2.05, 4.69) is 4.74 Å². The molecule has 0 amide bonds. The molecule has 2 rings (SSSR count). The molecule has 2 aromatic carbocycles. The molecule has 0 aliphatic heterocycles. The lowest BCUT2D eigenvalue weighted by Gasteiger charge is -2.10. The van der Waals surface area contributed by atoms with Crippen LogP contribution in [0.5, 0.6) is 5.75 Å². The van der Waals surface area contributed by atoms with Crippen LogP contribution >= 0.6 is 11.6 Å². The largest absolute Gasteiger partial charge is 0.573 e. The van der Waals surface area contributed by atoms with E-state index in [4.69, 9.17) is 11.6 Å². The lowest BCUT2D eigenvalue weighted by Crippen LogP contribution is -2.17. The Morgan fingerprint density at radius 3 is 2.52 bits per heavy atom. The average molecular weight is 315 g/mol. The van der Waals surface area contributed by atoms with Gasteiger partial charge in [-0.1, -0.05) is 29.8 Å². The Hall–Kier alpha value is -2.01. The molecule has 6 heteroatoms. The van der Waals surface area contributed by atoms with Crippen molar-refractivity contribution in [3.63, 3.8) is 0 Å². The molecule has 110 valence electrons. The summed E-state index contributed by atoms with van der Waals surface area (Å²) in [4.78, 5) is 12.3. The van der Waals surface area contributed by atoms with E-state index >= 15 is 0 Å². The maximum atomic E-state index is 12.3. The summed E-state index contributed by atoms with van der Waals surface area (Å²) in [5.74, 6) is -0.851. The third kappa shape index (κ3) is 3.98. The molecular formula is C15H10ClF3O2. The average Bonchev–Trinajstić information content (AvgIpc) is 2.39. The van der Waals surface area contributed by atoms with Gasteiger partial charge in [0.1, 0.15) is 5.75 Å². The van der Waals surface area contributed by atoms with Gasteiger partial charge in [-0.3, -0.25) is 4.79 Å². The van der Waals surface area contributed by atoms with Gasteiger partial charge in [0.25, 0.3) is 0 Å². The lowest BCUT2D eigenvalue weighted by molar-refractivity contribution is -0.274. The van der Waals surface area contributed by atoms with Gasteiger partial charge in [0.15, 0.2) is 5.78 Å². The molecule has 0 saturated heterocycles. The molecule has 0 bridgehead atoms.